The number of rotatable bonds is 6. The summed E-state index contributed by atoms with van der Waals surface area (Å²) in [6.07, 6.45) is 0.277. The lowest BCUT2D eigenvalue weighted by atomic mass is 10.1. The van der Waals surface area contributed by atoms with E-state index >= 15 is 0 Å². The number of benzene rings is 2. The third-order valence-electron chi connectivity index (χ3n) is 5.16. The van der Waals surface area contributed by atoms with Gasteiger partial charge in [0.1, 0.15) is 0 Å². The van der Waals surface area contributed by atoms with Crippen LogP contribution < -0.4 is 9.62 Å². The van der Waals surface area contributed by atoms with Crippen LogP contribution in [0.25, 0.3) is 0 Å². The van der Waals surface area contributed by atoms with E-state index < -0.39 is 16.1 Å². The maximum Gasteiger partial charge on any atom is 0.263 e. The van der Waals surface area contributed by atoms with E-state index in [1.807, 2.05) is 0 Å². The molecule has 2 heterocycles. The highest BCUT2D eigenvalue weighted by Gasteiger charge is 2.27. The minimum atomic E-state index is -3.70. The first-order valence-electron chi connectivity index (χ1n) is 9.83. The molecule has 0 saturated carbocycles. The quantitative estimate of drug-likeness (QED) is 0.537. The molecule has 1 aliphatic rings. The third-order valence-corrected chi connectivity index (χ3v) is 7.56. The van der Waals surface area contributed by atoms with Crippen molar-refractivity contribution in [3.05, 3.63) is 70.7 Å². The number of carbonyl (C=O) groups excluding carboxylic acids is 1. The molecule has 2 aromatic carbocycles. The van der Waals surface area contributed by atoms with Crippen LogP contribution in [0.5, 0.6) is 0 Å². The van der Waals surface area contributed by atoms with Gasteiger partial charge in [-0.25, -0.2) is 13.4 Å². The standard InChI is InChI=1S/C21H21ClN4O4S2.3H2/c22-16-3-1-2-15(14-16)19(27)20(28)26-11-9-25(10-12-26)17-4-6-18(7-5-17)32(29,30)24-21-23-8-13-31-21;;;/h1-8,13-14,19,27H,9-12H2,(H,23,24);3*1H. The molecule has 3 aromatic rings. The summed E-state index contributed by atoms with van der Waals surface area (Å²) in [6, 6.07) is 13.2. The number of aliphatic hydroxyl groups is 1. The summed E-state index contributed by atoms with van der Waals surface area (Å²) in [6.45, 7) is 2.03. The number of thiazole rings is 1. The molecule has 1 unspecified atom stereocenters. The van der Waals surface area contributed by atoms with E-state index in [1.165, 1.54) is 17.5 Å². The fraction of sp³-hybridized carbons (Fsp3) is 0.238. The number of nitrogens with one attached hydrogen (secondary N) is 1. The number of carbonyl (C=O) groups is 1. The lowest BCUT2D eigenvalue weighted by molar-refractivity contribution is -0.140. The van der Waals surface area contributed by atoms with Crippen LogP contribution in [0.4, 0.5) is 10.8 Å². The second kappa shape index (κ2) is 9.45. The number of aliphatic hydroxyl groups excluding tert-OH is 1. The van der Waals surface area contributed by atoms with E-state index in [0.717, 1.165) is 5.69 Å². The van der Waals surface area contributed by atoms with Crippen molar-refractivity contribution < 1.29 is 22.6 Å². The largest absolute Gasteiger partial charge is 0.378 e. The van der Waals surface area contributed by atoms with E-state index in [9.17, 15) is 18.3 Å². The van der Waals surface area contributed by atoms with Crippen LogP contribution in [-0.2, 0) is 14.8 Å². The Balaban J connectivity index is 0.00000204. The lowest BCUT2D eigenvalue weighted by Crippen LogP contribution is -2.50. The Labute approximate surface area is 199 Å². The molecule has 0 spiro atoms. The predicted molar refractivity (Wildman–Crippen MR) is 131 cm³/mol. The molecular weight excluding hydrogens is 472 g/mol. The average Bonchev–Trinajstić information content (AvgIpc) is 3.30. The van der Waals surface area contributed by atoms with Gasteiger partial charge in [0.25, 0.3) is 15.9 Å². The first-order valence-corrected chi connectivity index (χ1v) is 12.6. The summed E-state index contributed by atoms with van der Waals surface area (Å²) in [5, 5.41) is 12.9. The zero-order valence-electron chi connectivity index (χ0n) is 16.9. The van der Waals surface area contributed by atoms with Gasteiger partial charge >= 0.3 is 0 Å². The van der Waals surface area contributed by atoms with E-state index in [4.69, 9.17) is 11.6 Å². The normalized spacial score (nSPS) is 15.4. The molecule has 11 heteroatoms. The molecule has 1 saturated heterocycles. The van der Waals surface area contributed by atoms with Gasteiger partial charge in [0.15, 0.2) is 11.2 Å². The maximum atomic E-state index is 12.7. The van der Waals surface area contributed by atoms with Crippen molar-refractivity contribution in [3.8, 4) is 0 Å². The van der Waals surface area contributed by atoms with Crippen molar-refractivity contribution in [2.75, 3.05) is 35.8 Å². The van der Waals surface area contributed by atoms with Crippen molar-refractivity contribution >= 4 is 49.7 Å². The third kappa shape index (κ3) is 5.04. The molecule has 2 N–H and O–H groups in total. The molecule has 0 aliphatic carbocycles. The molecule has 1 fully saturated rings. The minimum absolute atomic E-state index is 0. The molecule has 0 bridgehead atoms. The highest BCUT2D eigenvalue weighted by atomic mass is 35.5. The predicted octanol–water partition coefficient (Wildman–Crippen LogP) is 3.72. The van der Waals surface area contributed by atoms with E-state index in [2.05, 4.69) is 14.6 Å². The van der Waals surface area contributed by atoms with Gasteiger partial charge in [0.2, 0.25) is 0 Å². The first kappa shape index (κ1) is 22.5. The Morgan fingerprint density at radius 2 is 1.88 bits per heavy atom. The fourth-order valence-electron chi connectivity index (χ4n) is 3.46. The topological polar surface area (TPSA) is 103 Å². The molecule has 174 valence electrons. The number of halogens is 1. The number of piperazine rings is 1. The molecule has 1 atom stereocenters. The van der Waals surface area contributed by atoms with Crippen molar-refractivity contribution in [3.63, 3.8) is 0 Å². The van der Waals surface area contributed by atoms with Crippen LogP contribution in [0.15, 0.2) is 65.0 Å². The van der Waals surface area contributed by atoms with Crippen LogP contribution in [0.2, 0.25) is 5.02 Å². The van der Waals surface area contributed by atoms with Crippen molar-refractivity contribution in [1.82, 2.24) is 9.88 Å². The van der Waals surface area contributed by atoms with Crippen LogP contribution in [-0.4, -0.2) is 55.5 Å². The molecule has 1 aromatic heterocycles. The fourth-order valence-corrected chi connectivity index (χ4v) is 5.45. The zero-order valence-corrected chi connectivity index (χ0v) is 19.3. The summed E-state index contributed by atoms with van der Waals surface area (Å²) in [7, 11) is -3.70. The number of amides is 1. The molecule has 32 heavy (non-hydrogen) atoms. The second-order valence-corrected chi connectivity index (χ2v) is 10.2. The average molecular weight is 499 g/mol. The van der Waals surface area contributed by atoms with Crippen LogP contribution in [0, 0.1) is 0 Å². The smallest absolute Gasteiger partial charge is 0.263 e. The maximum absolute atomic E-state index is 12.7. The van der Waals surface area contributed by atoms with Gasteiger partial charge in [-0.15, -0.1) is 11.3 Å². The van der Waals surface area contributed by atoms with Crippen LogP contribution >= 0.6 is 22.9 Å². The van der Waals surface area contributed by atoms with Gasteiger partial charge in [-0.3, -0.25) is 9.52 Å². The van der Waals surface area contributed by atoms with Crippen molar-refractivity contribution in [1.29, 1.82) is 0 Å². The Kier molecular flexibility index (Phi) is 6.66. The summed E-state index contributed by atoms with van der Waals surface area (Å²) in [4.78, 5) is 20.5. The Morgan fingerprint density at radius 3 is 2.50 bits per heavy atom. The van der Waals surface area contributed by atoms with E-state index in [0.29, 0.717) is 41.9 Å². The summed E-state index contributed by atoms with van der Waals surface area (Å²) in [5.41, 5.74) is 1.33. The van der Waals surface area contributed by atoms with Gasteiger partial charge in [0.05, 0.1) is 4.90 Å². The van der Waals surface area contributed by atoms with E-state index in [1.54, 1.807) is 58.8 Å². The summed E-state index contributed by atoms with van der Waals surface area (Å²) in [5.74, 6) is -0.360. The Morgan fingerprint density at radius 1 is 1.16 bits per heavy atom. The van der Waals surface area contributed by atoms with Gasteiger partial charge in [0, 0.05) is 52.7 Å². The number of nitrogens with zero attached hydrogens (tertiary/aromatic N) is 3. The van der Waals surface area contributed by atoms with Crippen LogP contribution in [0.1, 0.15) is 15.9 Å². The van der Waals surface area contributed by atoms with Crippen LogP contribution in [0.3, 0.4) is 0 Å². The first-order chi connectivity index (χ1) is 15.3. The Bertz CT molecular complexity index is 1190. The van der Waals surface area contributed by atoms with Gasteiger partial charge in [-0.1, -0.05) is 23.7 Å². The number of aromatic nitrogens is 1. The lowest BCUT2D eigenvalue weighted by Gasteiger charge is -2.37. The van der Waals surface area contributed by atoms with E-state index in [-0.39, 0.29) is 15.1 Å². The SMILES string of the molecule is O=C(C(O)c1cccc(Cl)c1)N1CCN(c2ccc(S(=O)(=O)Nc3nccs3)cc2)CC1.[HH].[HH].[HH]. The molecule has 4 rings (SSSR count). The summed E-state index contributed by atoms with van der Waals surface area (Å²) >= 11 is 7.16. The van der Waals surface area contributed by atoms with Crippen molar-refractivity contribution in [2.45, 2.75) is 11.0 Å². The molecule has 8 nitrogen and oxygen atoms in total. The summed E-state index contributed by atoms with van der Waals surface area (Å²) < 4.78 is 27.4. The van der Waals surface area contributed by atoms with Crippen molar-refractivity contribution in [2.24, 2.45) is 0 Å². The second-order valence-electron chi connectivity index (χ2n) is 7.21. The number of hydrogen-bond donors (Lipinski definition) is 2. The van der Waals surface area contributed by atoms with Gasteiger partial charge in [-0.05, 0) is 42.0 Å². The minimum Gasteiger partial charge on any atom is -0.378 e. The molecule has 1 aliphatic heterocycles. The molecular formula is C21H27ClN4O4S2. The number of hydrogen-bond acceptors (Lipinski definition) is 7. The zero-order chi connectivity index (χ0) is 22.7. The van der Waals surface area contributed by atoms with Gasteiger partial charge < -0.3 is 14.9 Å². The van der Waals surface area contributed by atoms with Gasteiger partial charge in [-0.2, -0.15) is 0 Å². The monoisotopic (exact) mass is 498 g/mol. The molecule has 0 radical (unpaired) electrons. The number of sulfonamides is 1. The highest BCUT2D eigenvalue weighted by Crippen LogP contribution is 2.24. The Hall–Kier alpha value is -2.66. The molecule has 1 amide bonds. The highest BCUT2D eigenvalue weighted by molar-refractivity contribution is 7.93. The number of anilines is 2.